The van der Waals surface area contributed by atoms with Gasteiger partial charge in [0.15, 0.2) is 0 Å². The molecule has 3 aromatic rings. The van der Waals surface area contributed by atoms with Crippen molar-refractivity contribution < 1.29 is 19.5 Å². The van der Waals surface area contributed by atoms with Crippen LogP contribution in [0.1, 0.15) is 29.5 Å². The van der Waals surface area contributed by atoms with Gasteiger partial charge >= 0.3 is 6.03 Å². The first-order valence-corrected chi connectivity index (χ1v) is 15.6. The van der Waals surface area contributed by atoms with Crippen molar-refractivity contribution in [2.45, 2.75) is 44.6 Å². The van der Waals surface area contributed by atoms with Crippen molar-refractivity contribution in [3.63, 3.8) is 0 Å². The lowest BCUT2D eigenvalue weighted by molar-refractivity contribution is -0.189. The Morgan fingerprint density at radius 1 is 0.933 bits per heavy atom. The molecule has 0 radical (unpaired) electrons. The van der Waals surface area contributed by atoms with E-state index in [2.05, 4.69) is 28.9 Å². The standard InChI is InChI=1S/C35H40N6O4/c1-2-18-39-25-33(43)40-31(21-26-14-16-29(42)17-15-26)34(44)38(23-28-12-6-7-13-30(28)37-19-8-9-20-37)24-32(40)41(39)35(45)36-22-27-10-4-3-5-11-27/h2-7,10-17,31-32,42H,1,8-9,18-25H2,(H,36,45)/t31-,32-/m0/s1. The number of urea groups is 1. The van der Waals surface area contributed by atoms with E-state index in [1.54, 1.807) is 50.2 Å². The van der Waals surface area contributed by atoms with E-state index in [4.69, 9.17) is 0 Å². The lowest BCUT2D eigenvalue weighted by Crippen LogP contribution is -2.76. The summed E-state index contributed by atoms with van der Waals surface area (Å²) in [5.74, 6) is -0.254. The molecule has 0 unspecified atom stereocenters. The number of para-hydroxylation sites is 1. The number of hydrazine groups is 1. The summed E-state index contributed by atoms with van der Waals surface area (Å²) in [4.78, 5) is 47.9. The normalized spacial score (nSPS) is 20.4. The lowest BCUT2D eigenvalue weighted by atomic mass is 9.98. The van der Waals surface area contributed by atoms with E-state index in [0.29, 0.717) is 19.6 Å². The van der Waals surface area contributed by atoms with Gasteiger partial charge < -0.3 is 25.1 Å². The summed E-state index contributed by atoms with van der Waals surface area (Å²) < 4.78 is 0. The number of hydrogen-bond acceptors (Lipinski definition) is 6. The maximum atomic E-state index is 14.3. The van der Waals surface area contributed by atoms with Gasteiger partial charge in [-0.2, -0.15) is 0 Å². The fourth-order valence-electron chi connectivity index (χ4n) is 6.67. The minimum Gasteiger partial charge on any atom is -0.508 e. The van der Waals surface area contributed by atoms with Crippen molar-refractivity contribution in [3.8, 4) is 5.75 Å². The van der Waals surface area contributed by atoms with E-state index in [0.717, 1.165) is 48.3 Å². The molecule has 0 spiro atoms. The van der Waals surface area contributed by atoms with Crippen LogP contribution in [0.4, 0.5) is 10.5 Å². The summed E-state index contributed by atoms with van der Waals surface area (Å²) >= 11 is 0. The third kappa shape index (κ3) is 6.51. The second-order valence-electron chi connectivity index (χ2n) is 11.8. The number of hydrogen-bond donors (Lipinski definition) is 2. The number of nitrogens with zero attached hydrogens (tertiary/aromatic N) is 5. The maximum Gasteiger partial charge on any atom is 0.334 e. The molecule has 3 aliphatic heterocycles. The molecule has 2 atom stereocenters. The summed E-state index contributed by atoms with van der Waals surface area (Å²) in [5, 5.41) is 16.2. The van der Waals surface area contributed by atoms with Gasteiger partial charge in [-0.1, -0.05) is 66.7 Å². The predicted octanol–water partition coefficient (Wildman–Crippen LogP) is 3.73. The molecular formula is C35H40N6O4. The number of anilines is 1. The number of amides is 4. The molecule has 0 saturated carbocycles. The smallest absolute Gasteiger partial charge is 0.334 e. The Balaban J connectivity index is 1.35. The molecule has 0 aromatic heterocycles. The number of aromatic hydroxyl groups is 1. The molecule has 3 aromatic carbocycles. The van der Waals surface area contributed by atoms with Crippen LogP contribution >= 0.6 is 0 Å². The minimum absolute atomic E-state index is 0.0571. The Morgan fingerprint density at radius 2 is 1.64 bits per heavy atom. The van der Waals surface area contributed by atoms with Crippen molar-refractivity contribution >= 4 is 23.5 Å². The van der Waals surface area contributed by atoms with Gasteiger partial charge in [-0.25, -0.2) is 14.8 Å². The van der Waals surface area contributed by atoms with Crippen LogP contribution in [0, 0.1) is 0 Å². The lowest BCUT2D eigenvalue weighted by Gasteiger charge is -2.55. The van der Waals surface area contributed by atoms with Crippen molar-refractivity contribution in [1.82, 2.24) is 25.1 Å². The summed E-state index contributed by atoms with van der Waals surface area (Å²) in [7, 11) is 0. The Morgan fingerprint density at radius 3 is 2.38 bits per heavy atom. The highest BCUT2D eigenvalue weighted by Gasteiger charge is 2.51. The largest absolute Gasteiger partial charge is 0.508 e. The maximum absolute atomic E-state index is 14.3. The second kappa shape index (κ2) is 13.4. The zero-order chi connectivity index (χ0) is 31.3. The van der Waals surface area contributed by atoms with Gasteiger partial charge in [0.1, 0.15) is 18.0 Å². The van der Waals surface area contributed by atoms with Crippen molar-refractivity contribution in [3.05, 3.63) is 108 Å². The fraction of sp³-hybridized carbons (Fsp3) is 0.343. The number of carbonyl (C=O) groups excluding carboxylic acids is 3. The molecule has 10 heteroatoms. The van der Waals surface area contributed by atoms with Crippen molar-refractivity contribution in [1.29, 1.82) is 0 Å². The average molecular weight is 609 g/mol. The van der Waals surface area contributed by atoms with Gasteiger partial charge in [-0.3, -0.25) is 9.59 Å². The molecule has 6 rings (SSSR count). The van der Waals surface area contributed by atoms with E-state index < -0.39 is 12.2 Å². The van der Waals surface area contributed by atoms with Crippen LogP contribution in [0.25, 0.3) is 0 Å². The fourth-order valence-corrected chi connectivity index (χ4v) is 6.67. The van der Waals surface area contributed by atoms with Crippen LogP contribution in [0.2, 0.25) is 0 Å². The monoisotopic (exact) mass is 608 g/mol. The molecule has 3 fully saturated rings. The Hall–Kier alpha value is -4.83. The molecule has 2 N–H and O–H groups in total. The molecule has 3 saturated heterocycles. The van der Waals surface area contributed by atoms with E-state index in [-0.39, 0.29) is 43.1 Å². The first-order chi connectivity index (χ1) is 21.9. The second-order valence-corrected chi connectivity index (χ2v) is 11.8. The highest BCUT2D eigenvalue weighted by molar-refractivity contribution is 5.92. The zero-order valence-corrected chi connectivity index (χ0v) is 25.4. The zero-order valence-electron chi connectivity index (χ0n) is 25.4. The topological polar surface area (TPSA) is 99.7 Å². The summed E-state index contributed by atoms with van der Waals surface area (Å²) in [6, 6.07) is 23.4. The molecule has 3 aliphatic rings. The molecule has 0 aliphatic carbocycles. The molecule has 10 nitrogen and oxygen atoms in total. The van der Waals surface area contributed by atoms with E-state index >= 15 is 0 Å². The highest BCUT2D eigenvalue weighted by Crippen LogP contribution is 2.32. The highest BCUT2D eigenvalue weighted by atomic mass is 16.3. The van der Waals surface area contributed by atoms with Gasteiger partial charge in [0.05, 0.1) is 13.1 Å². The van der Waals surface area contributed by atoms with Crippen LogP contribution in [-0.4, -0.2) is 87.7 Å². The summed E-state index contributed by atoms with van der Waals surface area (Å²) in [6.45, 7) is 6.90. The molecule has 45 heavy (non-hydrogen) atoms. The summed E-state index contributed by atoms with van der Waals surface area (Å²) in [6.07, 6.45) is 3.48. The third-order valence-corrected chi connectivity index (χ3v) is 8.83. The van der Waals surface area contributed by atoms with E-state index in [9.17, 15) is 19.5 Å². The molecule has 0 bridgehead atoms. The number of phenolic OH excluding ortho intramolecular Hbond substituents is 1. The molecule has 234 valence electrons. The molecule has 4 amide bonds. The first kappa shape index (κ1) is 30.2. The van der Waals surface area contributed by atoms with Gasteiger partial charge in [-0.15, -0.1) is 6.58 Å². The van der Waals surface area contributed by atoms with Gasteiger partial charge in [0.25, 0.3) is 0 Å². The number of nitrogens with one attached hydrogen (secondary N) is 1. The Bertz CT molecular complexity index is 1520. The van der Waals surface area contributed by atoms with Crippen LogP contribution in [0.15, 0.2) is 91.5 Å². The Kier molecular flexibility index (Phi) is 9.02. The summed E-state index contributed by atoms with van der Waals surface area (Å²) in [5.41, 5.74) is 3.92. The Labute approximate surface area is 264 Å². The van der Waals surface area contributed by atoms with Crippen LogP contribution in [0.3, 0.4) is 0 Å². The van der Waals surface area contributed by atoms with E-state index in [1.165, 1.54) is 0 Å². The molecular weight excluding hydrogens is 568 g/mol. The minimum atomic E-state index is -0.824. The van der Waals surface area contributed by atoms with Crippen molar-refractivity contribution in [2.75, 3.05) is 37.6 Å². The number of benzene rings is 3. The van der Waals surface area contributed by atoms with Gasteiger partial charge in [0.2, 0.25) is 11.8 Å². The van der Waals surface area contributed by atoms with Crippen LogP contribution < -0.4 is 10.2 Å². The number of phenols is 1. The number of piperazine rings is 1. The van der Waals surface area contributed by atoms with Gasteiger partial charge in [-0.05, 0) is 47.7 Å². The quantitative estimate of drug-likeness (QED) is 0.360. The SMILES string of the molecule is C=CCN1CC(=O)N2[C@@H](Cc3ccc(O)cc3)C(=O)N(Cc3ccccc3N3CCCC3)C[C@@H]2N1C(=O)NCc1ccccc1. The number of rotatable bonds is 9. The number of carbonyl (C=O) groups is 3. The van der Waals surface area contributed by atoms with Crippen molar-refractivity contribution in [2.24, 2.45) is 0 Å². The molecule has 3 heterocycles. The average Bonchev–Trinajstić information content (AvgIpc) is 3.59. The van der Waals surface area contributed by atoms with Crippen LogP contribution in [-0.2, 0) is 29.1 Å². The van der Waals surface area contributed by atoms with Gasteiger partial charge in [0, 0.05) is 44.8 Å². The third-order valence-electron chi connectivity index (χ3n) is 8.83. The predicted molar refractivity (Wildman–Crippen MR) is 172 cm³/mol. The first-order valence-electron chi connectivity index (χ1n) is 15.6. The van der Waals surface area contributed by atoms with E-state index in [1.807, 2.05) is 42.5 Å². The number of fused-ring (bicyclic) bond motifs is 1. The van der Waals surface area contributed by atoms with Crippen LogP contribution in [0.5, 0.6) is 5.75 Å².